The molecule has 0 spiro atoms. The van der Waals surface area contributed by atoms with E-state index in [1.54, 1.807) is 11.1 Å². The molecule has 1 fully saturated rings. The minimum atomic E-state index is -0.371. The number of pyridine rings is 1. The number of rotatable bonds is 5. The maximum Gasteiger partial charge on any atom is 0.323 e. The summed E-state index contributed by atoms with van der Waals surface area (Å²) in [6.07, 6.45) is 2.84. The third-order valence-corrected chi connectivity index (χ3v) is 6.15. The van der Waals surface area contributed by atoms with Gasteiger partial charge in [0.15, 0.2) is 16.8 Å². The van der Waals surface area contributed by atoms with Gasteiger partial charge in [-0.25, -0.2) is 19.2 Å². The van der Waals surface area contributed by atoms with Crippen molar-refractivity contribution in [3.8, 4) is 0 Å². The zero-order chi connectivity index (χ0) is 21.1. The number of hydrogen-bond donors (Lipinski definition) is 2. The van der Waals surface area contributed by atoms with Crippen LogP contribution in [0, 0.1) is 5.82 Å². The number of para-hydroxylation sites is 1. The van der Waals surface area contributed by atoms with Gasteiger partial charge in [0.2, 0.25) is 0 Å². The lowest BCUT2D eigenvalue weighted by atomic mass is 10.1. The maximum atomic E-state index is 14.6. The second-order valence-corrected chi connectivity index (χ2v) is 8.41. The number of fused-ring (bicyclic) bond motifs is 1. The third-order valence-electron chi connectivity index (χ3n) is 5.20. The lowest BCUT2D eigenvalue weighted by Crippen LogP contribution is -2.55. The standard InChI is InChI=1S/C21H24FN5O2S/c1-14-13-26(21(29)25-20-24-17-6-2-3-7-18(17)30-20)8-9-27(14)19-16(22)11-15(12-23-19)5-4-10-28/h2-3,6-7,11-12,14,28H,4-5,8-10,13H2,1H3,(H,24,25,29). The number of urea groups is 1. The lowest BCUT2D eigenvalue weighted by molar-refractivity contribution is 0.199. The van der Waals surface area contributed by atoms with Crippen molar-refractivity contribution in [2.75, 3.05) is 36.5 Å². The Kier molecular flexibility index (Phi) is 6.10. The van der Waals surface area contributed by atoms with E-state index >= 15 is 0 Å². The summed E-state index contributed by atoms with van der Waals surface area (Å²) < 4.78 is 15.6. The van der Waals surface area contributed by atoms with Crippen LogP contribution in [0.1, 0.15) is 18.9 Å². The summed E-state index contributed by atoms with van der Waals surface area (Å²) in [5.41, 5.74) is 1.63. The molecule has 30 heavy (non-hydrogen) atoms. The van der Waals surface area contributed by atoms with Crippen LogP contribution in [0.25, 0.3) is 10.2 Å². The molecule has 4 rings (SSSR count). The molecule has 2 amide bonds. The Labute approximate surface area is 178 Å². The second kappa shape index (κ2) is 8.93. The number of aliphatic hydroxyl groups is 1. The number of amides is 2. The summed E-state index contributed by atoms with van der Waals surface area (Å²) in [7, 11) is 0. The van der Waals surface area contributed by atoms with Gasteiger partial charge in [-0.2, -0.15) is 0 Å². The SMILES string of the molecule is CC1CN(C(=O)Nc2nc3ccccc3s2)CCN1c1ncc(CCCO)cc1F. The highest BCUT2D eigenvalue weighted by atomic mass is 32.1. The number of aliphatic hydroxyl groups excluding tert-OH is 1. The van der Waals surface area contributed by atoms with Crippen LogP contribution in [0.5, 0.6) is 0 Å². The van der Waals surface area contributed by atoms with E-state index in [2.05, 4.69) is 15.3 Å². The topological polar surface area (TPSA) is 81.6 Å². The molecule has 7 nitrogen and oxygen atoms in total. The minimum Gasteiger partial charge on any atom is -0.396 e. The number of halogens is 1. The summed E-state index contributed by atoms with van der Waals surface area (Å²) in [5.74, 6) is -0.0638. The average molecular weight is 430 g/mol. The second-order valence-electron chi connectivity index (χ2n) is 7.38. The molecule has 0 saturated carbocycles. The summed E-state index contributed by atoms with van der Waals surface area (Å²) in [5, 5.41) is 12.4. The van der Waals surface area contributed by atoms with Gasteiger partial charge in [0.1, 0.15) is 0 Å². The fourth-order valence-corrected chi connectivity index (χ4v) is 4.51. The first-order chi connectivity index (χ1) is 14.5. The van der Waals surface area contributed by atoms with Gasteiger partial charge < -0.3 is 14.9 Å². The highest BCUT2D eigenvalue weighted by Gasteiger charge is 2.29. The number of hydrogen-bond acceptors (Lipinski definition) is 6. The van der Waals surface area contributed by atoms with E-state index in [0.717, 1.165) is 15.8 Å². The van der Waals surface area contributed by atoms with Crippen molar-refractivity contribution in [1.82, 2.24) is 14.9 Å². The quantitative estimate of drug-likeness (QED) is 0.649. The molecule has 1 aromatic carbocycles. The van der Waals surface area contributed by atoms with Crippen LogP contribution in [0.2, 0.25) is 0 Å². The van der Waals surface area contributed by atoms with E-state index in [-0.39, 0.29) is 24.5 Å². The Morgan fingerprint density at radius 3 is 2.93 bits per heavy atom. The average Bonchev–Trinajstić information content (AvgIpc) is 3.15. The van der Waals surface area contributed by atoms with Crippen molar-refractivity contribution < 1.29 is 14.3 Å². The van der Waals surface area contributed by atoms with Gasteiger partial charge in [-0.05, 0) is 43.5 Å². The van der Waals surface area contributed by atoms with Gasteiger partial charge in [0, 0.05) is 38.5 Å². The first-order valence-electron chi connectivity index (χ1n) is 9.98. The number of aryl methyl sites for hydroxylation is 1. The zero-order valence-electron chi connectivity index (χ0n) is 16.7. The highest BCUT2D eigenvalue weighted by molar-refractivity contribution is 7.22. The molecular formula is C21H24FN5O2S. The fourth-order valence-electron chi connectivity index (χ4n) is 3.65. The molecule has 1 unspecified atom stereocenters. The Hall–Kier alpha value is -2.78. The van der Waals surface area contributed by atoms with E-state index in [9.17, 15) is 9.18 Å². The molecule has 3 aromatic rings. The number of nitrogens with one attached hydrogen (secondary N) is 1. The van der Waals surface area contributed by atoms with Crippen molar-refractivity contribution in [3.63, 3.8) is 0 Å². The van der Waals surface area contributed by atoms with Crippen LogP contribution < -0.4 is 10.2 Å². The summed E-state index contributed by atoms with van der Waals surface area (Å²) in [6.45, 7) is 3.45. The Bertz CT molecular complexity index is 1010. The molecular weight excluding hydrogens is 405 g/mol. The Morgan fingerprint density at radius 1 is 1.37 bits per heavy atom. The van der Waals surface area contributed by atoms with Crippen LogP contribution in [0.3, 0.4) is 0 Å². The largest absolute Gasteiger partial charge is 0.396 e. The summed E-state index contributed by atoms with van der Waals surface area (Å²) in [6, 6.07) is 8.95. The molecule has 1 aliphatic rings. The molecule has 0 bridgehead atoms. The van der Waals surface area contributed by atoms with Crippen molar-refractivity contribution in [1.29, 1.82) is 0 Å². The van der Waals surface area contributed by atoms with Crippen LogP contribution in [0.15, 0.2) is 36.5 Å². The van der Waals surface area contributed by atoms with Crippen molar-refractivity contribution >= 4 is 38.5 Å². The zero-order valence-corrected chi connectivity index (χ0v) is 17.5. The van der Waals surface area contributed by atoms with Crippen molar-refractivity contribution in [3.05, 3.63) is 47.9 Å². The molecule has 9 heteroatoms. The van der Waals surface area contributed by atoms with Gasteiger partial charge >= 0.3 is 6.03 Å². The number of benzene rings is 1. The molecule has 0 aliphatic carbocycles. The van der Waals surface area contributed by atoms with Gasteiger partial charge in [-0.15, -0.1) is 0 Å². The van der Waals surface area contributed by atoms with Crippen LogP contribution in [-0.4, -0.2) is 58.3 Å². The predicted molar refractivity (Wildman–Crippen MR) is 117 cm³/mol. The summed E-state index contributed by atoms with van der Waals surface area (Å²) in [4.78, 5) is 25.1. The molecule has 1 atom stereocenters. The summed E-state index contributed by atoms with van der Waals surface area (Å²) >= 11 is 1.44. The van der Waals surface area contributed by atoms with E-state index in [0.29, 0.717) is 43.4 Å². The van der Waals surface area contributed by atoms with E-state index in [1.165, 1.54) is 17.4 Å². The third kappa shape index (κ3) is 4.36. The van der Waals surface area contributed by atoms with Gasteiger partial charge in [0.05, 0.1) is 10.2 Å². The van der Waals surface area contributed by atoms with Crippen LogP contribution in [0.4, 0.5) is 20.1 Å². The number of carbonyl (C=O) groups is 1. The molecule has 2 N–H and O–H groups in total. The highest BCUT2D eigenvalue weighted by Crippen LogP contribution is 2.27. The molecule has 158 valence electrons. The van der Waals surface area contributed by atoms with E-state index in [4.69, 9.17) is 5.11 Å². The first kappa shape index (κ1) is 20.5. The normalized spacial score (nSPS) is 16.8. The minimum absolute atomic E-state index is 0.0709. The number of thiazole rings is 1. The number of carbonyl (C=O) groups excluding carboxylic acids is 1. The van der Waals surface area contributed by atoms with E-state index in [1.807, 2.05) is 36.1 Å². The van der Waals surface area contributed by atoms with E-state index < -0.39 is 0 Å². The first-order valence-corrected chi connectivity index (χ1v) is 10.8. The maximum absolute atomic E-state index is 14.6. The molecule has 0 radical (unpaired) electrons. The van der Waals surface area contributed by atoms with Crippen molar-refractivity contribution in [2.45, 2.75) is 25.8 Å². The molecule has 1 aliphatic heterocycles. The number of piperazine rings is 1. The predicted octanol–water partition coefficient (Wildman–Crippen LogP) is 3.50. The number of aromatic nitrogens is 2. The molecule has 3 heterocycles. The lowest BCUT2D eigenvalue weighted by Gasteiger charge is -2.40. The van der Waals surface area contributed by atoms with Crippen LogP contribution in [-0.2, 0) is 6.42 Å². The Balaban J connectivity index is 1.39. The Morgan fingerprint density at radius 2 is 2.20 bits per heavy atom. The number of nitrogens with zero attached hydrogens (tertiary/aromatic N) is 4. The molecule has 2 aromatic heterocycles. The number of anilines is 2. The van der Waals surface area contributed by atoms with Crippen LogP contribution >= 0.6 is 11.3 Å². The van der Waals surface area contributed by atoms with Gasteiger partial charge in [0.25, 0.3) is 0 Å². The fraction of sp³-hybridized carbons (Fsp3) is 0.381. The monoisotopic (exact) mass is 429 g/mol. The van der Waals surface area contributed by atoms with Gasteiger partial charge in [-0.3, -0.25) is 5.32 Å². The molecule has 1 saturated heterocycles. The van der Waals surface area contributed by atoms with Crippen molar-refractivity contribution in [2.24, 2.45) is 0 Å². The van der Waals surface area contributed by atoms with Gasteiger partial charge in [-0.1, -0.05) is 23.5 Å². The smallest absolute Gasteiger partial charge is 0.323 e.